The van der Waals surface area contributed by atoms with Crippen molar-refractivity contribution < 1.29 is 23.7 Å². The molecule has 2 aliphatic heterocycles. The average molecular weight is 488 g/mol. The summed E-state index contributed by atoms with van der Waals surface area (Å²) in [6, 6.07) is 18.7. The number of nitrogens with zero attached hydrogens (tertiary/aromatic N) is 3. The van der Waals surface area contributed by atoms with Crippen LogP contribution < -0.4 is 18.9 Å². The molecule has 0 N–H and O–H groups in total. The van der Waals surface area contributed by atoms with Crippen molar-refractivity contribution in [3.8, 4) is 28.7 Å². The Bertz CT molecular complexity index is 1300. The second kappa shape index (κ2) is 9.81. The van der Waals surface area contributed by atoms with Crippen LogP contribution in [-0.2, 0) is 0 Å². The predicted octanol–water partition coefficient (Wildman–Crippen LogP) is 4.74. The lowest BCUT2D eigenvalue weighted by atomic mass is 10.1. The number of benzene rings is 3. The summed E-state index contributed by atoms with van der Waals surface area (Å²) in [5.74, 6) is 3.87. The summed E-state index contributed by atoms with van der Waals surface area (Å²) in [7, 11) is 4.78. The highest BCUT2D eigenvalue weighted by Gasteiger charge is 2.33. The second-order valence-corrected chi connectivity index (χ2v) is 8.74. The summed E-state index contributed by atoms with van der Waals surface area (Å²) in [5.41, 5.74) is 2.14. The third kappa shape index (κ3) is 4.30. The number of aliphatic imine (C=N–C) groups is 1. The van der Waals surface area contributed by atoms with E-state index in [1.54, 1.807) is 39.5 Å². The number of hydrogen-bond acceptors (Lipinski definition) is 7. The Balaban J connectivity index is 1.45. The van der Waals surface area contributed by atoms with Gasteiger partial charge in [-0.05, 0) is 43.3 Å². The molecule has 2 aliphatic rings. The summed E-state index contributed by atoms with van der Waals surface area (Å²) >= 11 is 0. The van der Waals surface area contributed by atoms with Crippen LogP contribution in [0.15, 0.2) is 65.7 Å². The van der Waals surface area contributed by atoms with Crippen molar-refractivity contribution in [1.29, 1.82) is 0 Å². The second-order valence-electron chi connectivity index (χ2n) is 8.74. The fraction of sp³-hybridized carbons (Fsp3) is 0.286. The van der Waals surface area contributed by atoms with Crippen molar-refractivity contribution >= 4 is 17.4 Å². The summed E-state index contributed by atoms with van der Waals surface area (Å²) in [5, 5.41) is 0. The van der Waals surface area contributed by atoms with Crippen LogP contribution in [-0.4, -0.2) is 68.5 Å². The molecule has 2 heterocycles. The van der Waals surface area contributed by atoms with Gasteiger partial charge in [0.15, 0.2) is 17.2 Å². The molecule has 1 unspecified atom stereocenters. The molecule has 3 aromatic carbocycles. The van der Waals surface area contributed by atoms with Crippen LogP contribution >= 0.6 is 0 Å². The molecule has 0 saturated carbocycles. The van der Waals surface area contributed by atoms with Gasteiger partial charge in [-0.1, -0.05) is 18.2 Å². The molecule has 1 atom stereocenters. The summed E-state index contributed by atoms with van der Waals surface area (Å²) < 4.78 is 22.6. The molecule has 8 nitrogen and oxygen atoms in total. The highest BCUT2D eigenvalue weighted by Crippen LogP contribution is 2.42. The number of fused-ring (bicyclic) bond motifs is 2. The van der Waals surface area contributed by atoms with Crippen LogP contribution in [0.1, 0.15) is 22.8 Å². The lowest BCUT2D eigenvalue weighted by Gasteiger charge is -2.41. The topological polar surface area (TPSA) is 72.8 Å². The largest absolute Gasteiger partial charge is 0.497 e. The molecule has 0 aromatic heterocycles. The smallest absolute Gasteiger partial charge is 0.254 e. The zero-order valence-corrected chi connectivity index (χ0v) is 20.9. The van der Waals surface area contributed by atoms with Gasteiger partial charge in [-0.15, -0.1) is 0 Å². The maximum atomic E-state index is 13.5. The fourth-order valence-electron chi connectivity index (χ4n) is 4.67. The third-order valence-electron chi connectivity index (χ3n) is 6.53. The predicted molar refractivity (Wildman–Crippen MR) is 137 cm³/mol. The number of methoxy groups -OCH3 is 3. The Morgan fingerprint density at radius 3 is 2.39 bits per heavy atom. The normalized spacial score (nSPS) is 16.7. The lowest BCUT2D eigenvalue weighted by Crippen LogP contribution is -2.55. The van der Waals surface area contributed by atoms with Crippen molar-refractivity contribution in [3.05, 3.63) is 71.8 Å². The van der Waals surface area contributed by atoms with Crippen molar-refractivity contribution in [2.75, 3.05) is 41.0 Å². The number of carbonyl (C=O) groups is 1. The molecular formula is C28H29N3O5. The van der Waals surface area contributed by atoms with Gasteiger partial charge in [-0.2, -0.15) is 0 Å². The SMILES string of the molecule is COc1cc(OC)cc(C(=O)N2CCN(C3=Nc4ccccc4Oc4c(OC)cccc43)CC2C)c1. The number of hydrogen-bond donors (Lipinski definition) is 0. The standard InChI is InChI=1S/C28H29N3O5/c1-18-17-30(12-13-31(18)28(32)19-14-20(33-2)16-21(15-19)34-3)27-22-8-7-11-25(35-4)26(22)36-24-10-6-5-9-23(24)29-27/h5-11,14-16,18H,12-13,17H2,1-4H3. The molecule has 186 valence electrons. The molecular weight excluding hydrogens is 458 g/mol. The number of ether oxygens (including phenoxy) is 4. The van der Waals surface area contributed by atoms with Gasteiger partial charge in [0.1, 0.15) is 23.0 Å². The van der Waals surface area contributed by atoms with E-state index in [1.165, 1.54) is 0 Å². The molecule has 1 saturated heterocycles. The first-order chi connectivity index (χ1) is 17.5. The Morgan fingerprint density at radius 2 is 1.69 bits per heavy atom. The minimum absolute atomic E-state index is 0.0559. The van der Waals surface area contributed by atoms with E-state index in [0.29, 0.717) is 53.9 Å². The van der Waals surface area contributed by atoms with Crippen molar-refractivity contribution in [2.24, 2.45) is 4.99 Å². The number of piperazine rings is 1. The van der Waals surface area contributed by atoms with Gasteiger partial charge in [0, 0.05) is 37.3 Å². The number of rotatable bonds is 4. The van der Waals surface area contributed by atoms with Gasteiger partial charge < -0.3 is 28.7 Å². The summed E-state index contributed by atoms with van der Waals surface area (Å²) in [6.45, 7) is 3.83. The van der Waals surface area contributed by atoms with Crippen LogP contribution in [0.3, 0.4) is 0 Å². The minimum atomic E-state index is -0.0575. The molecule has 0 radical (unpaired) electrons. The van der Waals surface area contributed by atoms with Crippen molar-refractivity contribution in [3.63, 3.8) is 0 Å². The molecule has 8 heteroatoms. The van der Waals surface area contributed by atoms with Crippen molar-refractivity contribution in [1.82, 2.24) is 9.80 Å². The molecule has 1 amide bonds. The Hall–Kier alpha value is -4.20. The zero-order valence-electron chi connectivity index (χ0n) is 20.9. The Labute approximate surface area is 210 Å². The minimum Gasteiger partial charge on any atom is -0.497 e. The molecule has 0 bridgehead atoms. The van der Waals surface area contributed by atoms with E-state index in [1.807, 2.05) is 47.4 Å². The van der Waals surface area contributed by atoms with Crippen LogP contribution in [0.25, 0.3) is 0 Å². The van der Waals surface area contributed by atoms with Gasteiger partial charge in [0.05, 0.1) is 26.9 Å². The third-order valence-corrected chi connectivity index (χ3v) is 6.53. The molecule has 5 rings (SSSR count). The van der Waals surface area contributed by atoms with E-state index in [4.69, 9.17) is 23.9 Å². The maximum Gasteiger partial charge on any atom is 0.254 e. The summed E-state index contributed by atoms with van der Waals surface area (Å²) in [4.78, 5) is 22.6. The highest BCUT2D eigenvalue weighted by molar-refractivity contribution is 6.04. The van der Waals surface area contributed by atoms with Gasteiger partial charge in [0.25, 0.3) is 5.91 Å². The van der Waals surface area contributed by atoms with E-state index in [-0.39, 0.29) is 11.9 Å². The quantitative estimate of drug-likeness (QED) is 0.529. The first-order valence-electron chi connectivity index (χ1n) is 11.8. The maximum absolute atomic E-state index is 13.5. The van der Waals surface area contributed by atoms with Gasteiger partial charge in [-0.3, -0.25) is 4.79 Å². The number of carbonyl (C=O) groups excluding carboxylic acids is 1. The first-order valence-corrected chi connectivity index (χ1v) is 11.8. The molecule has 3 aromatic rings. The van der Waals surface area contributed by atoms with Crippen LogP contribution in [0, 0.1) is 0 Å². The van der Waals surface area contributed by atoms with E-state index in [2.05, 4.69) is 11.8 Å². The van der Waals surface area contributed by atoms with E-state index in [9.17, 15) is 4.79 Å². The zero-order chi connectivity index (χ0) is 25.2. The summed E-state index contributed by atoms with van der Waals surface area (Å²) in [6.07, 6.45) is 0. The molecule has 0 aliphatic carbocycles. The monoisotopic (exact) mass is 487 g/mol. The van der Waals surface area contributed by atoms with Gasteiger partial charge in [-0.25, -0.2) is 4.99 Å². The van der Waals surface area contributed by atoms with Crippen LogP contribution in [0.2, 0.25) is 0 Å². The van der Waals surface area contributed by atoms with Gasteiger partial charge in [0.2, 0.25) is 0 Å². The highest BCUT2D eigenvalue weighted by atomic mass is 16.5. The average Bonchev–Trinajstić information content (AvgIpc) is 3.09. The van der Waals surface area contributed by atoms with Gasteiger partial charge >= 0.3 is 0 Å². The molecule has 36 heavy (non-hydrogen) atoms. The van der Waals surface area contributed by atoms with E-state index >= 15 is 0 Å². The first kappa shape index (κ1) is 23.5. The fourth-order valence-corrected chi connectivity index (χ4v) is 4.67. The molecule has 1 fully saturated rings. The van der Waals surface area contributed by atoms with Crippen LogP contribution in [0.4, 0.5) is 5.69 Å². The van der Waals surface area contributed by atoms with E-state index < -0.39 is 0 Å². The molecule has 0 spiro atoms. The number of amides is 1. The lowest BCUT2D eigenvalue weighted by molar-refractivity contribution is 0.0580. The Morgan fingerprint density at radius 1 is 0.944 bits per heavy atom. The van der Waals surface area contributed by atoms with E-state index in [0.717, 1.165) is 17.1 Å². The Kier molecular flexibility index (Phi) is 6.41. The van der Waals surface area contributed by atoms with Crippen molar-refractivity contribution in [2.45, 2.75) is 13.0 Å². The number of amidine groups is 1. The van der Waals surface area contributed by atoms with Crippen LogP contribution in [0.5, 0.6) is 28.7 Å². The number of para-hydroxylation sites is 3.